The third-order valence-corrected chi connectivity index (χ3v) is 4.85. The number of rotatable bonds is 4. The zero-order valence-corrected chi connectivity index (χ0v) is 12.8. The Bertz CT molecular complexity index is 593. The van der Waals surface area contributed by atoms with Crippen LogP contribution in [0.15, 0.2) is 27.9 Å². The monoisotopic (exact) mass is 292 g/mol. The predicted molar refractivity (Wildman–Crippen MR) is 82.1 cm³/mol. The van der Waals surface area contributed by atoms with Crippen LogP contribution in [-0.2, 0) is 4.79 Å². The number of carbonyl (C=O) groups excluding carboxylic acids is 1. The molecule has 3 nitrogen and oxygen atoms in total. The first-order chi connectivity index (χ1) is 9.04. The van der Waals surface area contributed by atoms with Crippen molar-refractivity contribution in [1.29, 1.82) is 0 Å². The lowest BCUT2D eigenvalue weighted by Gasteiger charge is -2.07. The van der Waals surface area contributed by atoms with Crippen molar-refractivity contribution in [2.24, 2.45) is 0 Å². The van der Waals surface area contributed by atoms with E-state index in [4.69, 9.17) is 0 Å². The molecule has 2 aromatic rings. The van der Waals surface area contributed by atoms with E-state index >= 15 is 0 Å². The van der Waals surface area contributed by atoms with Crippen molar-refractivity contribution in [3.05, 3.63) is 40.4 Å². The molecule has 0 aliphatic carbocycles. The molecule has 0 saturated heterocycles. The lowest BCUT2D eigenvalue weighted by atomic mass is 10.1. The Hall–Kier alpha value is -1.33. The molecule has 100 valence electrons. The van der Waals surface area contributed by atoms with Gasteiger partial charge in [0, 0.05) is 16.8 Å². The Morgan fingerprint density at radius 1 is 1.32 bits per heavy atom. The summed E-state index contributed by atoms with van der Waals surface area (Å²) in [6.45, 7) is 6.05. The van der Waals surface area contributed by atoms with Gasteiger partial charge >= 0.3 is 0 Å². The van der Waals surface area contributed by atoms with Gasteiger partial charge < -0.3 is 5.32 Å². The highest BCUT2D eigenvalue weighted by molar-refractivity contribution is 8.01. The summed E-state index contributed by atoms with van der Waals surface area (Å²) in [7, 11) is 0. The van der Waals surface area contributed by atoms with Crippen molar-refractivity contribution in [3.8, 4) is 0 Å². The van der Waals surface area contributed by atoms with Crippen LogP contribution in [0.2, 0.25) is 0 Å². The number of aromatic nitrogens is 1. The summed E-state index contributed by atoms with van der Waals surface area (Å²) < 4.78 is 0.938. The lowest BCUT2D eigenvalue weighted by molar-refractivity contribution is -0.113. The molecule has 5 heteroatoms. The van der Waals surface area contributed by atoms with Crippen molar-refractivity contribution in [3.63, 3.8) is 0 Å². The number of aryl methyl sites for hydroxylation is 3. The molecule has 0 spiro atoms. The van der Waals surface area contributed by atoms with Crippen molar-refractivity contribution in [2.45, 2.75) is 25.1 Å². The van der Waals surface area contributed by atoms with Crippen molar-refractivity contribution in [1.82, 2.24) is 4.98 Å². The average Bonchev–Trinajstić information content (AvgIpc) is 2.77. The van der Waals surface area contributed by atoms with Crippen LogP contribution in [0.25, 0.3) is 0 Å². The zero-order chi connectivity index (χ0) is 13.8. The van der Waals surface area contributed by atoms with Crippen molar-refractivity contribution >= 4 is 34.7 Å². The Morgan fingerprint density at radius 3 is 2.74 bits per heavy atom. The summed E-state index contributed by atoms with van der Waals surface area (Å²) in [6.07, 6.45) is 0. The van der Waals surface area contributed by atoms with Gasteiger partial charge in [0.05, 0.1) is 5.75 Å². The first kappa shape index (κ1) is 14.1. The maximum absolute atomic E-state index is 11.8. The Kier molecular flexibility index (Phi) is 4.61. The number of nitrogens with one attached hydrogen (secondary N) is 1. The summed E-state index contributed by atoms with van der Waals surface area (Å²) in [5, 5.41) is 4.89. The topological polar surface area (TPSA) is 42.0 Å². The fraction of sp³-hybridized carbons (Fsp3) is 0.286. The maximum Gasteiger partial charge on any atom is 0.234 e. The van der Waals surface area contributed by atoms with Gasteiger partial charge in [-0.3, -0.25) is 4.79 Å². The van der Waals surface area contributed by atoms with Crippen LogP contribution in [0.5, 0.6) is 0 Å². The van der Waals surface area contributed by atoms with Crippen molar-refractivity contribution in [2.75, 3.05) is 11.1 Å². The van der Waals surface area contributed by atoms with Crippen LogP contribution in [0.3, 0.4) is 0 Å². The molecule has 1 heterocycles. The van der Waals surface area contributed by atoms with E-state index in [1.807, 2.05) is 37.4 Å². The highest BCUT2D eigenvalue weighted by Crippen LogP contribution is 2.22. The van der Waals surface area contributed by atoms with E-state index in [1.54, 1.807) is 11.3 Å². The summed E-state index contributed by atoms with van der Waals surface area (Å²) >= 11 is 3.05. The van der Waals surface area contributed by atoms with Gasteiger partial charge in [0.2, 0.25) is 5.91 Å². The van der Waals surface area contributed by atoms with E-state index in [2.05, 4.69) is 17.2 Å². The van der Waals surface area contributed by atoms with Crippen LogP contribution < -0.4 is 5.32 Å². The van der Waals surface area contributed by atoms with Gasteiger partial charge in [0.1, 0.15) is 0 Å². The fourth-order valence-electron chi connectivity index (χ4n) is 1.54. The molecule has 1 N–H and O–H groups in total. The van der Waals surface area contributed by atoms with Crippen LogP contribution in [-0.4, -0.2) is 16.6 Å². The lowest BCUT2D eigenvalue weighted by Crippen LogP contribution is -2.14. The molecule has 0 bridgehead atoms. The minimum Gasteiger partial charge on any atom is -0.325 e. The minimum absolute atomic E-state index is 0.00102. The largest absolute Gasteiger partial charge is 0.325 e. The Balaban J connectivity index is 1.88. The quantitative estimate of drug-likeness (QED) is 0.872. The van der Waals surface area contributed by atoms with Crippen LogP contribution in [0, 0.1) is 20.8 Å². The molecule has 0 atom stereocenters. The van der Waals surface area contributed by atoms with Gasteiger partial charge in [-0.15, -0.1) is 11.3 Å². The number of thioether (sulfide) groups is 1. The van der Waals surface area contributed by atoms with E-state index in [9.17, 15) is 4.79 Å². The second-order valence-corrected chi connectivity index (χ2v) is 6.47. The summed E-state index contributed by atoms with van der Waals surface area (Å²) in [5.74, 6) is 0.390. The number of anilines is 1. The highest BCUT2D eigenvalue weighted by Gasteiger charge is 2.06. The number of nitrogens with zero attached hydrogens (tertiary/aromatic N) is 1. The fourth-order valence-corrected chi connectivity index (χ4v) is 3.19. The Labute approximate surface area is 121 Å². The van der Waals surface area contributed by atoms with E-state index in [0.717, 1.165) is 15.7 Å². The molecule has 0 aliphatic rings. The number of carbonyl (C=O) groups is 1. The van der Waals surface area contributed by atoms with Gasteiger partial charge in [0.15, 0.2) is 4.34 Å². The van der Waals surface area contributed by atoms with Gasteiger partial charge in [-0.05, 0) is 44.0 Å². The molecular weight excluding hydrogens is 276 g/mol. The molecule has 0 aliphatic heterocycles. The third-order valence-electron chi connectivity index (χ3n) is 2.72. The molecule has 1 amide bonds. The standard InChI is InChI=1S/C14H16N2OS2/c1-9-4-5-12(6-10(9)2)16-13(17)8-19-14-15-11(3)7-18-14/h4-7H,8H2,1-3H3,(H,16,17). The Morgan fingerprint density at radius 2 is 2.11 bits per heavy atom. The minimum atomic E-state index is 0.00102. The normalized spacial score (nSPS) is 10.5. The molecule has 2 rings (SSSR count). The van der Waals surface area contributed by atoms with Gasteiger partial charge in [0.25, 0.3) is 0 Å². The molecule has 0 saturated carbocycles. The van der Waals surface area contributed by atoms with Crippen LogP contribution in [0.1, 0.15) is 16.8 Å². The summed E-state index contributed by atoms with van der Waals surface area (Å²) in [4.78, 5) is 16.2. The average molecular weight is 292 g/mol. The molecule has 0 radical (unpaired) electrons. The number of hydrogen-bond acceptors (Lipinski definition) is 4. The second-order valence-electron chi connectivity index (χ2n) is 4.39. The van der Waals surface area contributed by atoms with Gasteiger partial charge in [-0.2, -0.15) is 0 Å². The predicted octanol–water partition coefficient (Wildman–Crippen LogP) is 3.80. The second kappa shape index (κ2) is 6.21. The number of hydrogen-bond donors (Lipinski definition) is 1. The third kappa shape index (κ3) is 4.08. The van der Waals surface area contributed by atoms with E-state index in [-0.39, 0.29) is 5.91 Å². The first-order valence-electron chi connectivity index (χ1n) is 5.96. The molecular formula is C14H16N2OS2. The van der Waals surface area contributed by atoms with E-state index in [0.29, 0.717) is 5.75 Å². The summed E-state index contributed by atoms with van der Waals surface area (Å²) in [5.41, 5.74) is 4.26. The SMILES string of the molecule is Cc1csc(SCC(=O)Nc2ccc(C)c(C)c2)n1. The van der Waals surface area contributed by atoms with Gasteiger partial charge in [-0.25, -0.2) is 4.98 Å². The van der Waals surface area contributed by atoms with Crippen LogP contribution >= 0.6 is 23.1 Å². The number of benzene rings is 1. The molecule has 1 aromatic heterocycles. The highest BCUT2D eigenvalue weighted by atomic mass is 32.2. The summed E-state index contributed by atoms with van der Waals surface area (Å²) in [6, 6.07) is 5.94. The molecule has 0 fully saturated rings. The first-order valence-corrected chi connectivity index (χ1v) is 7.83. The zero-order valence-electron chi connectivity index (χ0n) is 11.2. The smallest absolute Gasteiger partial charge is 0.234 e. The van der Waals surface area contributed by atoms with Crippen molar-refractivity contribution < 1.29 is 4.79 Å². The van der Waals surface area contributed by atoms with E-state index in [1.165, 1.54) is 22.9 Å². The van der Waals surface area contributed by atoms with Crippen LogP contribution in [0.4, 0.5) is 5.69 Å². The molecule has 1 aromatic carbocycles. The number of thiazole rings is 1. The number of amides is 1. The molecule has 0 unspecified atom stereocenters. The molecule has 19 heavy (non-hydrogen) atoms. The maximum atomic E-state index is 11.8. The van der Waals surface area contributed by atoms with Gasteiger partial charge in [-0.1, -0.05) is 17.8 Å². The van der Waals surface area contributed by atoms with E-state index < -0.39 is 0 Å².